The summed E-state index contributed by atoms with van der Waals surface area (Å²) >= 11 is 0. The molecule has 7 nitrogen and oxygen atoms in total. The lowest BCUT2D eigenvalue weighted by atomic mass is 10.2. The first kappa shape index (κ1) is 13.3. The van der Waals surface area contributed by atoms with Gasteiger partial charge in [0.1, 0.15) is 5.69 Å². The lowest BCUT2D eigenvalue weighted by Gasteiger charge is -2.02. The van der Waals surface area contributed by atoms with Gasteiger partial charge in [0.25, 0.3) is 5.91 Å². The Kier molecular flexibility index (Phi) is 3.16. The highest BCUT2D eigenvalue weighted by molar-refractivity contribution is 5.97. The SMILES string of the molecule is O=C(NCc1cc(-c2ccco2)on1)c1ccc2nc[nH]c2c1. The molecule has 0 fully saturated rings. The highest BCUT2D eigenvalue weighted by atomic mass is 16.5. The predicted molar refractivity (Wildman–Crippen MR) is 81.5 cm³/mol. The van der Waals surface area contributed by atoms with Crippen LogP contribution in [-0.4, -0.2) is 21.0 Å². The maximum Gasteiger partial charge on any atom is 0.251 e. The van der Waals surface area contributed by atoms with Gasteiger partial charge in [0, 0.05) is 11.6 Å². The van der Waals surface area contributed by atoms with Crippen LogP contribution in [-0.2, 0) is 6.54 Å². The number of nitrogens with one attached hydrogen (secondary N) is 2. The Morgan fingerprint density at radius 3 is 3.04 bits per heavy atom. The first-order valence-electron chi connectivity index (χ1n) is 7.00. The van der Waals surface area contributed by atoms with E-state index in [0.29, 0.717) is 22.8 Å². The third-order valence-corrected chi connectivity index (χ3v) is 3.44. The van der Waals surface area contributed by atoms with E-state index in [1.165, 1.54) is 0 Å². The van der Waals surface area contributed by atoms with Gasteiger partial charge in [0.2, 0.25) is 5.76 Å². The highest BCUT2D eigenvalue weighted by Gasteiger charge is 2.11. The number of carbonyl (C=O) groups excluding carboxylic acids is 1. The van der Waals surface area contributed by atoms with Gasteiger partial charge in [0.05, 0.1) is 30.2 Å². The Bertz CT molecular complexity index is 953. The molecule has 0 spiro atoms. The van der Waals surface area contributed by atoms with E-state index in [9.17, 15) is 4.79 Å². The Balaban J connectivity index is 1.45. The molecule has 0 aliphatic heterocycles. The van der Waals surface area contributed by atoms with Crippen molar-refractivity contribution < 1.29 is 13.7 Å². The van der Waals surface area contributed by atoms with Crippen molar-refractivity contribution in [2.24, 2.45) is 0 Å². The molecule has 3 aromatic heterocycles. The van der Waals surface area contributed by atoms with Crippen LogP contribution in [0.15, 0.2) is 57.9 Å². The number of rotatable bonds is 4. The summed E-state index contributed by atoms with van der Waals surface area (Å²) in [7, 11) is 0. The van der Waals surface area contributed by atoms with Crippen LogP contribution in [0.2, 0.25) is 0 Å². The van der Waals surface area contributed by atoms with E-state index < -0.39 is 0 Å². The van der Waals surface area contributed by atoms with Crippen LogP contribution in [0.1, 0.15) is 16.1 Å². The van der Waals surface area contributed by atoms with Crippen molar-refractivity contribution in [2.45, 2.75) is 6.54 Å². The van der Waals surface area contributed by atoms with Gasteiger partial charge in [-0.1, -0.05) is 5.16 Å². The molecule has 0 atom stereocenters. The van der Waals surface area contributed by atoms with Crippen LogP contribution in [0.4, 0.5) is 0 Å². The van der Waals surface area contributed by atoms with E-state index in [1.807, 2.05) is 0 Å². The molecule has 1 aromatic carbocycles. The van der Waals surface area contributed by atoms with Crippen molar-refractivity contribution in [3.63, 3.8) is 0 Å². The number of amides is 1. The van der Waals surface area contributed by atoms with Gasteiger partial charge in [-0.25, -0.2) is 4.98 Å². The van der Waals surface area contributed by atoms with E-state index in [4.69, 9.17) is 8.94 Å². The Morgan fingerprint density at radius 1 is 1.22 bits per heavy atom. The number of hydrogen-bond acceptors (Lipinski definition) is 5. The van der Waals surface area contributed by atoms with E-state index in [2.05, 4.69) is 20.4 Å². The van der Waals surface area contributed by atoms with Gasteiger partial charge >= 0.3 is 0 Å². The minimum atomic E-state index is -0.191. The van der Waals surface area contributed by atoms with E-state index in [0.717, 1.165) is 11.0 Å². The van der Waals surface area contributed by atoms with Crippen LogP contribution < -0.4 is 5.32 Å². The lowest BCUT2D eigenvalue weighted by Crippen LogP contribution is -2.22. The highest BCUT2D eigenvalue weighted by Crippen LogP contribution is 2.20. The van der Waals surface area contributed by atoms with Crippen molar-refractivity contribution in [1.82, 2.24) is 20.4 Å². The predicted octanol–water partition coefficient (Wildman–Crippen LogP) is 2.74. The van der Waals surface area contributed by atoms with Gasteiger partial charge in [-0.15, -0.1) is 0 Å². The average Bonchev–Trinajstić information content (AvgIpc) is 3.32. The van der Waals surface area contributed by atoms with E-state index >= 15 is 0 Å². The summed E-state index contributed by atoms with van der Waals surface area (Å²) < 4.78 is 10.4. The minimum Gasteiger partial charge on any atom is -0.461 e. The van der Waals surface area contributed by atoms with Crippen molar-refractivity contribution in [3.05, 3.63) is 60.2 Å². The Morgan fingerprint density at radius 2 is 2.17 bits per heavy atom. The number of carbonyl (C=O) groups is 1. The number of furan rings is 1. The van der Waals surface area contributed by atoms with Gasteiger partial charge in [-0.05, 0) is 30.3 Å². The summed E-state index contributed by atoms with van der Waals surface area (Å²) in [5.74, 6) is 0.932. The number of imidazole rings is 1. The summed E-state index contributed by atoms with van der Waals surface area (Å²) in [4.78, 5) is 19.3. The number of aromatic amines is 1. The number of nitrogens with zero attached hydrogens (tertiary/aromatic N) is 2. The summed E-state index contributed by atoms with van der Waals surface area (Å²) in [6.07, 6.45) is 3.16. The zero-order valence-corrected chi connectivity index (χ0v) is 11.9. The molecule has 23 heavy (non-hydrogen) atoms. The molecule has 7 heteroatoms. The molecule has 114 valence electrons. The normalized spacial score (nSPS) is 11.0. The van der Waals surface area contributed by atoms with Crippen LogP contribution in [0.3, 0.4) is 0 Å². The van der Waals surface area contributed by atoms with Crippen LogP contribution >= 0.6 is 0 Å². The Hall–Kier alpha value is -3.35. The van der Waals surface area contributed by atoms with Crippen molar-refractivity contribution in [2.75, 3.05) is 0 Å². The molecule has 0 radical (unpaired) electrons. The molecule has 4 rings (SSSR count). The van der Waals surface area contributed by atoms with Crippen LogP contribution in [0.5, 0.6) is 0 Å². The lowest BCUT2D eigenvalue weighted by molar-refractivity contribution is 0.0950. The number of fused-ring (bicyclic) bond motifs is 1. The number of hydrogen-bond donors (Lipinski definition) is 2. The van der Waals surface area contributed by atoms with Gasteiger partial charge in [-0.2, -0.15) is 0 Å². The molecule has 0 aliphatic carbocycles. The van der Waals surface area contributed by atoms with Crippen molar-refractivity contribution >= 4 is 16.9 Å². The molecule has 0 aliphatic rings. The molecule has 2 N–H and O–H groups in total. The summed E-state index contributed by atoms with van der Waals surface area (Å²) in [5.41, 5.74) is 2.81. The quantitative estimate of drug-likeness (QED) is 0.604. The maximum absolute atomic E-state index is 12.2. The smallest absolute Gasteiger partial charge is 0.251 e. The topological polar surface area (TPSA) is 97.0 Å². The van der Waals surface area contributed by atoms with E-state index in [-0.39, 0.29) is 12.5 Å². The maximum atomic E-state index is 12.2. The molecule has 0 saturated carbocycles. The first-order chi connectivity index (χ1) is 11.3. The second-order valence-electron chi connectivity index (χ2n) is 4.98. The van der Waals surface area contributed by atoms with E-state index in [1.54, 1.807) is 49.0 Å². The summed E-state index contributed by atoms with van der Waals surface area (Å²) in [5, 5.41) is 6.72. The molecular weight excluding hydrogens is 296 g/mol. The molecule has 0 saturated heterocycles. The fourth-order valence-electron chi connectivity index (χ4n) is 2.28. The molecule has 0 unspecified atom stereocenters. The second kappa shape index (κ2) is 5.45. The minimum absolute atomic E-state index is 0.191. The second-order valence-corrected chi connectivity index (χ2v) is 4.98. The van der Waals surface area contributed by atoms with Crippen molar-refractivity contribution in [3.8, 4) is 11.5 Å². The largest absolute Gasteiger partial charge is 0.461 e. The first-order valence-corrected chi connectivity index (χ1v) is 7.00. The summed E-state index contributed by atoms with van der Waals surface area (Å²) in [6.45, 7) is 0.268. The fraction of sp³-hybridized carbons (Fsp3) is 0.0625. The molecule has 3 heterocycles. The molecular formula is C16H12N4O3. The number of aromatic nitrogens is 3. The third-order valence-electron chi connectivity index (χ3n) is 3.44. The third kappa shape index (κ3) is 2.59. The zero-order valence-electron chi connectivity index (χ0n) is 11.9. The Labute approximate surface area is 130 Å². The molecule has 0 bridgehead atoms. The monoisotopic (exact) mass is 308 g/mol. The number of H-pyrrole nitrogens is 1. The molecule has 4 aromatic rings. The number of benzene rings is 1. The van der Waals surface area contributed by atoms with Crippen molar-refractivity contribution in [1.29, 1.82) is 0 Å². The van der Waals surface area contributed by atoms with Gasteiger partial charge in [-0.3, -0.25) is 4.79 Å². The van der Waals surface area contributed by atoms with Gasteiger partial charge < -0.3 is 19.2 Å². The average molecular weight is 308 g/mol. The standard InChI is InChI=1S/C16H12N4O3/c21-16(10-3-4-12-13(6-10)19-9-18-12)17-8-11-7-15(23-20-11)14-2-1-5-22-14/h1-7,9H,8H2,(H,17,21)(H,18,19). The van der Waals surface area contributed by atoms with Crippen LogP contribution in [0.25, 0.3) is 22.6 Å². The van der Waals surface area contributed by atoms with Gasteiger partial charge in [0.15, 0.2) is 5.76 Å². The molecule has 1 amide bonds. The summed E-state index contributed by atoms with van der Waals surface area (Å²) in [6, 6.07) is 10.6. The van der Waals surface area contributed by atoms with Crippen LogP contribution in [0, 0.1) is 0 Å². The zero-order chi connectivity index (χ0) is 15.6. The fourth-order valence-corrected chi connectivity index (χ4v) is 2.28.